The van der Waals surface area contributed by atoms with Crippen LogP contribution in [-0.4, -0.2) is 14.5 Å². The molecule has 226 valence electrons. The first kappa shape index (κ1) is 27.1. The van der Waals surface area contributed by atoms with Crippen molar-refractivity contribution in [2.75, 3.05) is 4.90 Å². The second-order valence-electron chi connectivity index (χ2n) is 12.5. The highest BCUT2D eigenvalue weighted by molar-refractivity contribution is 6.09. The number of pyridine rings is 2. The second-order valence-corrected chi connectivity index (χ2v) is 12.5. The van der Waals surface area contributed by atoms with E-state index in [1.165, 1.54) is 11.1 Å². The maximum atomic E-state index is 10.0. The molecule has 8 aromatic rings. The topological polar surface area (TPSA) is 81.5 Å². The van der Waals surface area contributed by atoms with Gasteiger partial charge in [0.15, 0.2) is 0 Å². The highest BCUT2D eigenvalue weighted by Gasteiger charge is 2.51. The molecule has 0 bridgehead atoms. The normalized spacial score (nSPS) is 13.4. The minimum absolute atomic E-state index is 0.601. The van der Waals surface area contributed by atoms with E-state index in [4.69, 9.17) is 4.98 Å². The van der Waals surface area contributed by atoms with Crippen molar-refractivity contribution >= 4 is 39.0 Å². The fourth-order valence-electron chi connectivity index (χ4n) is 8.27. The first-order valence-corrected chi connectivity index (χ1v) is 16.1. The standard InChI is InChI=1S/C43H24N6/c44-24-27-17-19-37-31(22-27)32-26-46-21-20-38(32)48(37)41-14-7-15-42(47-41)49-39-12-5-3-10-34(39)43(35-11-4-6-13-40(35)49)33-9-2-1-8-29(33)30-18-16-28(25-45)23-36(30)43/h1-23,26H. The number of hydrogen-bond donors (Lipinski definition) is 0. The van der Waals surface area contributed by atoms with Crippen LogP contribution in [0.2, 0.25) is 0 Å². The zero-order valence-corrected chi connectivity index (χ0v) is 26.0. The summed E-state index contributed by atoms with van der Waals surface area (Å²) in [6, 6.07) is 50.4. The highest BCUT2D eigenvalue weighted by Crippen LogP contribution is 2.63. The fourth-order valence-corrected chi connectivity index (χ4v) is 8.27. The van der Waals surface area contributed by atoms with Gasteiger partial charge in [-0.15, -0.1) is 0 Å². The molecule has 0 amide bonds. The van der Waals surface area contributed by atoms with Crippen LogP contribution >= 0.6 is 0 Å². The molecule has 1 spiro atoms. The average molecular weight is 625 g/mol. The minimum atomic E-state index is -0.627. The maximum absolute atomic E-state index is 10.0. The highest BCUT2D eigenvalue weighted by atomic mass is 15.2. The summed E-state index contributed by atoms with van der Waals surface area (Å²) in [7, 11) is 0. The van der Waals surface area contributed by atoms with E-state index in [-0.39, 0.29) is 0 Å². The third-order valence-corrected chi connectivity index (χ3v) is 10.1. The van der Waals surface area contributed by atoms with E-state index >= 15 is 0 Å². The van der Waals surface area contributed by atoms with Gasteiger partial charge in [0.25, 0.3) is 0 Å². The number of rotatable bonds is 2. The van der Waals surface area contributed by atoms with Gasteiger partial charge in [0.1, 0.15) is 11.6 Å². The van der Waals surface area contributed by atoms with Crippen molar-refractivity contribution in [3.05, 3.63) is 179 Å². The van der Waals surface area contributed by atoms with Crippen LogP contribution in [0.25, 0.3) is 38.8 Å². The Balaban J connectivity index is 1.25. The Morgan fingerprint density at radius 3 is 1.94 bits per heavy atom. The summed E-state index contributed by atoms with van der Waals surface area (Å²) in [4.78, 5) is 12.0. The number of nitriles is 2. The lowest BCUT2D eigenvalue weighted by Crippen LogP contribution is -2.36. The van der Waals surface area contributed by atoms with Crippen LogP contribution in [0.15, 0.2) is 146 Å². The molecule has 0 radical (unpaired) electrons. The third-order valence-electron chi connectivity index (χ3n) is 10.1. The number of aromatic nitrogens is 3. The summed E-state index contributed by atoms with van der Waals surface area (Å²) < 4.78 is 2.15. The van der Waals surface area contributed by atoms with Crippen molar-refractivity contribution in [1.82, 2.24) is 14.5 Å². The SMILES string of the molecule is N#Cc1ccc2c(c1)C1(c3ccccc3-2)c2ccccc2N(c2cccc(-n3c4ccncc4c4cc(C#N)ccc43)n2)c2ccccc21. The quantitative estimate of drug-likeness (QED) is 0.191. The van der Waals surface area contributed by atoms with Crippen molar-refractivity contribution in [2.45, 2.75) is 5.41 Å². The summed E-state index contributed by atoms with van der Waals surface area (Å²) >= 11 is 0. The van der Waals surface area contributed by atoms with Gasteiger partial charge < -0.3 is 0 Å². The van der Waals surface area contributed by atoms with Crippen molar-refractivity contribution < 1.29 is 0 Å². The molecule has 4 heterocycles. The Bertz CT molecular complexity index is 2730. The van der Waals surface area contributed by atoms with Crippen molar-refractivity contribution in [3.63, 3.8) is 0 Å². The smallest absolute Gasteiger partial charge is 0.140 e. The number of nitrogens with zero attached hydrogens (tertiary/aromatic N) is 6. The van der Waals surface area contributed by atoms with Gasteiger partial charge in [0.05, 0.1) is 51.1 Å². The van der Waals surface area contributed by atoms with Crippen LogP contribution in [0.3, 0.4) is 0 Å². The Morgan fingerprint density at radius 1 is 0.531 bits per heavy atom. The number of hydrogen-bond acceptors (Lipinski definition) is 5. The van der Waals surface area contributed by atoms with Crippen molar-refractivity contribution in [3.8, 4) is 29.1 Å². The molecule has 2 aliphatic rings. The van der Waals surface area contributed by atoms with E-state index in [0.29, 0.717) is 11.1 Å². The predicted octanol–water partition coefficient (Wildman–Crippen LogP) is 9.46. The van der Waals surface area contributed by atoms with Gasteiger partial charge in [-0.25, -0.2) is 4.98 Å². The van der Waals surface area contributed by atoms with E-state index in [0.717, 1.165) is 67.1 Å². The van der Waals surface area contributed by atoms with Gasteiger partial charge >= 0.3 is 0 Å². The molecule has 49 heavy (non-hydrogen) atoms. The molecule has 1 aliphatic heterocycles. The molecule has 0 atom stereocenters. The monoisotopic (exact) mass is 624 g/mol. The molecule has 3 aromatic heterocycles. The summed E-state index contributed by atoms with van der Waals surface area (Å²) in [5.74, 6) is 1.54. The zero-order chi connectivity index (χ0) is 32.7. The molecule has 0 N–H and O–H groups in total. The fraction of sp³-hybridized carbons (Fsp3) is 0.0233. The first-order chi connectivity index (χ1) is 24.2. The van der Waals surface area contributed by atoms with Crippen LogP contribution in [0.4, 0.5) is 17.2 Å². The van der Waals surface area contributed by atoms with Gasteiger partial charge in [-0.2, -0.15) is 10.5 Å². The Hall–Kier alpha value is -7.02. The number of fused-ring (bicyclic) bond motifs is 12. The van der Waals surface area contributed by atoms with Gasteiger partial charge in [-0.05, 0) is 94.0 Å². The molecular weight excluding hydrogens is 601 g/mol. The summed E-state index contributed by atoms with van der Waals surface area (Å²) in [5.41, 5.74) is 11.5. The lowest BCUT2D eigenvalue weighted by atomic mass is 9.64. The number of anilines is 3. The van der Waals surface area contributed by atoms with Crippen LogP contribution in [0.1, 0.15) is 33.4 Å². The van der Waals surface area contributed by atoms with Crippen LogP contribution in [0.5, 0.6) is 0 Å². The molecular formula is C43H24N6. The zero-order valence-electron chi connectivity index (χ0n) is 26.0. The Labute approximate surface area is 282 Å². The molecule has 1 aliphatic carbocycles. The average Bonchev–Trinajstić information content (AvgIpc) is 3.65. The van der Waals surface area contributed by atoms with Crippen molar-refractivity contribution in [1.29, 1.82) is 10.5 Å². The summed E-state index contributed by atoms with van der Waals surface area (Å²) in [6.07, 6.45) is 3.64. The molecule has 5 aromatic carbocycles. The van der Waals surface area contributed by atoms with Gasteiger partial charge in [0, 0.05) is 23.2 Å². The Morgan fingerprint density at radius 2 is 1.16 bits per heavy atom. The molecule has 0 saturated carbocycles. The summed E-state index contributed by atoms with van der Waals surface area (Å²) in [5, 5.41) is 21.6. The van der Waals surface area contributed by atoms with Gasteiger partial charge in [-0.1, -0.05) is 72.8 Å². The minimum Gasteiger partial charge on any atom is -0.294 e. The molecule has 0 unspecified atom stereocenters. The van der Waals surface area contributed by atoms with E-state index in [1.807, 2.05) is 42.6 Å². The van der Waals surface area contributed by atoms with E-state index < -0.39 is 5.41 Å². The Kier molecular flexibility index (Phi) is 5.53. The lowest BCUT2D eigenvalue weighted by molar-refractivity contribution is 0.751. The summed E-state index contributed by atoms with van der Waals surface area (Å²) in [6.45, 7) is 0. The van der Waals surface area contributed by atoms with Crippen LogP contribution < -0.4 is 4.90 Å². The van der Waals surface area contributed by atoms with Crippen LogP contribution in [-0.2, 0) is 5.41 Å². The third kappa shape index (κ3) is 3.52. The van der Waals surface area contributed by atoms with Crippen molar-refractivity contribution in [2.24, 2.45) is 0 Å². The predicted molar refractivity (Wildman–Crippen MR) is 191 cm³/mol. The van der Waals surface area contributed by atoms with E-state index in [1.54, 1.807) is 6.20 Å². The number of benzene rings is 5. The molecule has 6 heteroatoms. The molecule has 10 rings (SSSR count). The first-order valence-electron chi connectivity index (χ1n) is 16.1. The molecule has 0 saturated heterocycles. The lowest BCUT2D eigenvalue weighted by Gasteiger charge is -2.44. The van der Waals surface area contributed by atoms with Crippen LogP contribution in [0, 0.1) is 22.7 Å². The van der Waals surface area contributed by atoms with E-state index in [2.05, 4.69) is 124 Å². The number of para-hydroxylation sites is 2. The second kappa shape index (κ2) is 9.99. The molecule has 0 fully saturated rings. The maximum Gasteiger partial charge on any atom is 0.140 e. The largest absolute Gasteiger partial charge is 0.294 e. The van der Waals surface area contributed by atoms with E-state index in [9.17, 15) is 10.5 Å². The molecule has 6 nitrogen and oxygen atoms in total. The van der Waals surface area contributed by atoms with Gasteiger partial charge in [0.2, 0.25) is 0 Å². The van der Waals surface area contributed by atoms with Gasteiger partial charge in [-0.3, -0.25) is 14.5 Å².